The van der Waals surface area contributed by atoms with Gasteiger partial charge in [-0.15, -0.1) is 0 Å². The summed E-state index contributed by atoms with van der Waals surface area (Å²) in [5, 5.41) is 2.70. The van der Waals surface area contributed by atoms with Gasteiger partial charge in [0.2, 0.25) is 0 Å². The van der Waals surface area contributed by atoms with E-state index >= 15 is 0 Å². The van der Waals surface area contributed by atoms with Gasteiger partial charge in [0.25, 0.3) is 5.91 Å². The number of hydrogen-bond acceptors (Lipinski definition) is 4. The number of hydrogen-bond donors (Lipinski definition) is 2. The van der Waals surface area contributed by atoms with Crippen molar-refractivity contribution < 1.29 is 13.9 Å². The predicted octanol–water partition coefficient (Wildman–Crippen LogP) is 2.43. The summed E-state index contributed by atoms with van der Waals surface area (Å²) in [6.45, 7) is 1.78. The first kappa shape index (κ1) is 12.0. The number of nitrogens with two attached hydrogens (primary N) is 1. The topological polar surface area (TPSA) is 77.5 Å². The highest BCUT2D eigenvalue weighted by molar-refractivity contribution is 6.02. The molecule has 2 aromatic rings. The second kappa shape index (κ2) is 4.83. The Morgan fingerprint density at radius 1 is 1.33 bits per heavy atom. The molecule has 0 spiro atoms. The number of amides is 1. The van der Waals surface area contributed by atoms with Crippen molar-refractivity contribution in [3.63, 3.8) is 0 Å². The summed E-state index contributed by atoms with van der Waals surface area (Å²) in [6.07, 6.45) is 0. The maximum atomic E-state index is 11.8. The van der Waals surface area contributed by atoms with Crippen molar-refractivity contribution in [3.05, 3.63) is 41.9 Å². The minimum Gasteiger partial charge on any atom is -0.495 e. The van der Waals surface area contributed by atoms with Crippen molar-refractivity contribution in [2.75, 3.05) is 18.2 Å². The largest absolute Gasteiger partial charge is 0.495 e. The number of carbonyl (C=O) groups excluding carboxylic acids is 1. The fraction of sp³-hybridized carbons (Fsp3) is 0.154. The number of aryl methyl sites for hydroxylation is 1. The standard InChI is InChI=1S/C13H14N2O3/c1-8-3-5-12(18-8)13(16)15-9-4-6-11(17-2)10(14)7-9/h3-7H,14H2,1-2H3,(H,15,16). The molecule has 5 nitrogen and oxygen atoms in total. The second-order valence-electron chi connectivity index (χ2n) is 3.82. The molecular weight excluding hydrogens is 232 g/mol. The molecule has 94 valence electrons. The molecule has 1 aromatic heterocycles. The molecule has 2 rings (SSSR count). The van der Waals surface area contributed by atoms with Gasteiger partial charge in [-0.05, 0) is 37.3 Å². The lowest BCUT2D eigenvalue weighted by Crippen LogP contribution is -2.11. The van der Waals surface area contributed by atoms with Crippen LogP contribution in [-0.2, 0) is 0 Å². The average Bonchev–Trinajstić information content (AvgIpc) is 2.76. The van der Waals surface area contributed by atoms with Gasteiger partial charge in [0, 0.05) is 5.69 Å². The molecule has 5 heteroatoms. The molecule has 0 aliphatic heterocycles. The first-order valence-electron chi connectivity index (χ1n) is 5.41. The Balaban J connectivity index is 2.14. The fourth-order valence-corrected chi connectivity index (χ4v) is 1.56. The summed E-state index contributed by atoms with van der Waals surface area (Å²) >= 11 is 0. The van der Waals surface area contributed by atoms with Crippen LogP contribution in [0.4, 0.5) is 11.4 Å². The zero-order chi connectivity index (χ0) is 13.1. The summed E-state index contributed by atoms with van der Waals surface area (Å²) in [4.78, 5) is 11.8. The molecule has 0 saturated carbocycles. The Labute approximate surface area is 105 Å². The molecule has 0 fully saturated rings. The fourth-order valence-electron chi connectivity index (χ4n) is 1.56. The van der Waals surface area contributed by atoms with Crippen molar-refractivity contribution in [1.29, 1.82) is 0 Å². The van der Waals surface area contributed by atoms with Gasteiger partial charge in [0.05, 0.1) is 12.8 Å². The van der Waals surface area contributed by atoms with Crippen LogP contribution in [0, 0.1) is 6.92 Å². The van der Waals surface area contributed by atoms with Gasteiger partial charge in [-0.1, -0.05) is 0 Å². The highest BCUT2D eigenvalue weighted by Gasteiger charge is 2.10. The summed E-state index contributed by atoms with van der Waals surface area (Å²) in [6, 6.07) is 8.39. The number of rotatable bonds is 3. The first-order valence-corrected chi connectivity index (χ1v) is 5.41. The van der Waals surface area contributed by atoms with E-state index in [-0.39, 0.29) is 11.7 Å². The van der Waals surface area contributed by atoms with E-state index in [4.69, 9.17) is 14.9 Å². The third-order valence-corrected chi connectivity index (χ3v) is 2.45. The zero-order valence-electron chi connectivity index (χ0n) is 10.2. The van der Waals surface area contributed by atoms with Gasteiger partial charge in [-0.2, -0.15) is 0 Å². The van der Waals surface area contributed by atoms with Crippen molar-refractivity contribution in [3.8, 4) is 5.75 Å². The van der Waals surface area contributed by atoms with E-state index in [2.05, 4.69) is 5.32 Å². The number of methoxy groups -OCH3 is 1. The first-order chi connectivity index (χ1) is 8.60. The van der Waals surface area contributed by atoms with Crippen LogP contribution >= 0.6 is 0 Å². The molecule has 1 heterocycles. The Morgan fingerprint density at radius 2 is 2.11 bits per heavy atom. The minimum atomic E-state index is -0.312. The number of anilines is 2. The molecule has 0 bridgehead atoms. The van der Waals surface area contributed by atoms with E-state index in [0.717, 1.165) is 0 Å². The Bertz CT molecular complexity index is 575. The molecule has 18 heavy (non-hydrogen) atoms. The normalized spacial score (nSPS) is 10.1. The quantitative estimate of drug-likeness (QED) is 0.815. The molecular formula is C13H14N2O3. The lowest BCUT2D eigenvalue weighted by molar-refractivity contribution is 0.0995. The van der Waals surface area contributed by atoms with E-state index in [1.165, 1.54) is 7.11 Å². The molecule has 0 aliphatic carbocycles. The smallest absolute Gasteiger partial charge is 0.291 e. The van der Waals surface area contributed by atoms with E-state index in [1.807, 2.05) is 0 Å². The highest BCUT2D eigenvalue weighted by atomic mass is 16.5. The van der Waals surface area contributed by atoms with E-state index in [1.54, 1.807) is 37.3 Å². The van der Waals surface area contributed by atoms with Crippen LogP contribution in [0.5, 0.6) is 5.75 Å². The van der Waals surface area contributed by atoms with Crippen LogP contribution in [0.2, 0.25) is 0 Å². The number of benzene rings is 1. The number of carbonyl (C=O) groups is 1. The lowest BCUT2D eigenvalue weighted by atomic mass is 10.2. The molecule has 1 aromatic carbocycles. The van der Waals surface area contributed by atoms with Crippen LogP contribution in [0.25, 0.3) is 0 Å². The van der Waals surface area contributed by atoms with Gasteiger partial charge < -0.3 is 20.2 Å². The predicted molar refractivity (Wildman–Crippen MR) is 68.8 cm³/mol. The molecule has 1 amide bonds. The second-order valence-corrected chi connectivity index (χ2v) is 3.82. The van der Waals surface area contributed by atoms with Crippen LogP contribution in [0.1, 0.15) is 16.3 Å². The highest BCUT2D eigenvalue weighted by Crippen LogP contribution is 2.24. The lowest BCUT2D eigenvalue weighted by Gasteiger charge is -2.07. The summed E-state index contributed by atoms with van der Waals surface area (Å²) in [5.41, 5.74) is 6.80. The molecule has 0 radical (unpaired) electrons. The summed E-state index contributed by atoms with van der Waals surface area (Å²) < 4.78 is 10.3. The molecule has 0 unspecified atom stereocenters. The van der Waals surface area contributed by atoms with Gasteiger partial charge in [-0.3, -0.25) is 4.79 Å². The van der Waals surface area contributed by atoms with Gasteiger partial charge in [0.1, 0.15) is 11.5 Å². The number of nitrogen functional groups attached to an aromatic ring is 1. The monoisotopic (exact) mass is 246 g/mol. The SMILES string of the molecule is COc1ccc(NC(=O)c2ccc(C)o2)cc1N. The summed E-state index contributed by atoms with van der Waals surface area (Å²) in [5.74, 6) is 1.21. The third kappa shape index (κ3) is 2.45. The van der Waals surface area contributed by atoms with Gasteiger partial charge >= 0.3 is 0 Å². The Morgan fingerprint density at radius 3 is 2.67 bits per heavy atom. The Hall–Kier alpha value is -2.43. The number of nitrogens with one attached hydrogen (secondary N) is 1. The van der Waals surface area contributed by atoms with Crippen molar-refractivity contribution >= 4 is 17.3 Å². The molecule has 0 saturated heterocycles. The maximum absolute atomic E-state index is 11.8. The maximum Gasteiger partial charge on any atom is 0.291 e. The molecule has 0 aliphatic rings. The van der Waals surface area contributed by atoms with Crippen molar-refractivity contribution in [1.82, 2.24) is 0 Å². The van der Waals surface area contributed by atoms with Crippen LogP contribution < -0.4 is 15.8 Å². The van der Waals surface area contributed by atoms with Crippen molar-refractivity contribution in [2.45, 2.75) is 6.92 Å². The number of furan rings is 1. The van der Waals surface area contributed by atoms with Gasteiger partial charge in [0.15, 0.2) is 5.76 Å². The third-order valence-electron chi connectivity index (χ3n) is 2.45. The van der Waals surface area contributed by atoms with E-state index in [0.29, 0.717) is 22.9 Å². The van der Waals surface area contributed by atoms with E-state index < -0.39 is 0 Å². The molecule has 3 N–H and O–H groups in total. The minimum absolute atomic E-state index is 0.266. The van der Waals surface area contributed by atoms with Crippen LogP contribution in [0.3, 0.4) is 0 Å². The average molecular weight is 246 g/mol. The van der Waals surface area contributed by atoms with Crippen LogP contribution in [0.15, 0.2) is 34.7 Å². The molecule has 0 atom stereocenters. The zero-order valence-corrected chi connectivity index (χ0v) is 10.2. The van der Waals surface area contributed by atoms with Crippen molar-refractivity contribution in [2.24, 2.45) is 0 Å². The van der Waals surface area contributed by atoms with Gasteiger partial charge in [-0.25, -0.2) is 0 Å². The number of ether oxygens (including phenoxy) is 1. The van der Waals surface area contributed by atoms with Crippen LogP contribution in [-0.4, -0.2) is 13.0 Å². The van der Waals surface area contributed by atoms with E-state index in [9.17, 15) is 4.79 Å². The Kier molecular flexibility index (Phi) is 3.23. The summed E-state index contributed by atoms with van der Waals surface area (Å²) in [7, 11) is 1.54.